The van der Waals surface area contributed by atoms with Gasteiger partial charge in [0.2, 0.25) is 5.88 Å². The molecule has 0 unspecified atom stereocenters. The highest BCUT2D eigenvalue weighted by molar-refractivity contribution is 5.58. The smallest absolute Gasteiger partial charge is 0.397 e. The first-order valence-corrected chi connectivity index (χ1v) is 4.08. The molecule has 1 aromatic rings. The van der Waals surface area contributed by atoms with E-state index in [1.54, 1.807) is 0 Å². The molecule has 4 nitrogen and oxygen atoms in total. The van der Waals surface area contributed by atoms with Crippen molar-refractivity contribution >= 4 is 5.69 Å². The maximum absolute atomic E-state index is 12.4. The van der Waals surface area contributed by atoms with Gasteiger partial charge in [-0.05, 0) is 0 Å². The lowest BCUT2D eigenvalue weighted by Crippen LogP contribution is -2.20. The van der Waals surface area contributed by atoms with Crippen LogP contribution in [0.25, 0.3) is 0 Å². The highest BCUT2D eigenvalue weighted by Gasteiger charge is 2.39. The van der Waals surface area contributed by atoms with Crippen molar-refractivity contribution in [3.63, 3.8) is 0 Å². The van der Waals surface area contributed by atoms with Crippen LogP contribution in [0.1, 0.15) is 11.3 Å². The predicted molar refractivity (Wildman–Crippen MR) is 45.0 cm³/mol. The number of aromatic nitrogens is 1. The highest BCUT2D eigenvalue weighted by atomic mass is 19.4. The Hall–Kier alpha value is -2.18. The van der Waals surface area contributed by atoms with Crippen molar-refractivity contribution in [2.75, 3.05) is 5.73 Å². The van der Waals surface area contributed by atoms with Crippen molar-refractivity contribution in [1.82, 2.24) is 4.98 Å². The molecule has 1 heterocycles. The number of hydrogen-bond donors (Lipinski definition) is 1. The van der Waals surface area contributed by atoms with Crippen LogP contribution in [0, 0.1) is 11.3 Å². The maximum atomic E-state index is 12.4. The molecule has 0 aliphatic rings. The van der Waals surface area contributed by atoms with Gasteiger partial charge in [-0.3, -0.25) is 0 Å². The van der Waals surface area contributed by atoms with Crippen molar-refractivity contribution in [3.8, 4) is 11.9 Å². The second-order valence-electron chi connectivity index (χ2n) is 2.93. The number of nitriles is 1. The first-order valence-electron chi connectivity index (χ1n) is 4.08. The summed E-state index contributed by atoms with van der Waals surface area (Å²) in [6.45, 7) is 0. The van der Waals surface area contributed by atoms with Crippen LogP contribution in [0.3, 0.4) is 0 Å². The molecule has 1 rings (SSSR count). The van der Waals surface area contributed by atoms with Crippen molar-refractivity contribution in [1.29, 1.82) is 5.26 Å². The molecule has 0 bridgehead atoms. The summed E-state index contributed by atoms with van der Waals surface area (Å²) in [7, 11) is 0. The Labute approximate surface area is 95.6 Å². The van der Waals surface area contributed by atoms with E-state index in [1.807, 2.05) is 0 Å². The number of ether oxygens (including phenoxy) is 1. The van der Waals surface area contributed by atoms with Gasteiger partial charge in [0, 0.05) is 6.07 Å². The number of nitrogens with two attached hydrogens (primary N) is 1. The van der Waals surface area contributed by atoms with E-state index in [1.165, 1.54) is 0 Å². The lowest BCUT2D eigenvalue weighted by Gasteiger charge is -2.13. The number of nitrogen functional groups attached to an aromatic ring is 1. The number of hydrogen-bond acceptors (Lipinski definition) is 4. The Morgan fingerprint density at radius 2 is 1.78 bits per heavy atom. The van der Waals surface area contributed by atoms with Gasteiger partial charge in [0.05, 0.1) is 5.69 Å². The van der Waals surface area contributed by atoms with Gasteiger partial charge in [0.1, 0.15) is 11.6 Å². The SMILES string of the molecule is N#Cc1c(N)cc(OC(F)(F)F)nc1C(F)(F)F. The van der Waals surface area contributed by atoms with Crippen molar-refractivity contribution in [2.45, 2.75) is 12.5 Å². The van der Waals surface area contributed by atoms with Crippen LogP contribution in [-0.2, 0) is 6.18 Å². The second-order valence-corrected chi connectivity index (χ2v) is 2.93. The summed E-state index contributed by atoms with van der Waals surface area (Å²) in [5.41, 5.74) is 1.34. The Bertz CT molecular complexity index is 501. The van der Waals surface area contributed by atoms with E-state index >= 15 is 0 Å². The van der Waals surface area contributed by atoms with E-state index in [-0.39, 0.29) is 0 Å². The third-order valence-corrected chi connectivity index (χ3v) is 1.63. The molecule has 0 amide bonds. The molecule has 0 aliphatic heterocycles. The Morgan fingerprint density at radius 1 is 1.22 bits per heavy atom. The maximum Gasteiger partial charge on any atom is 0.574 e. The standard InChI is InChI=1S/C8H3F6N3O/c9-7(10,11)6-3(2-15)4(16)1-5(17-6)18-8(12,13)14/h1H,(H2,16,17). The molecule has 98 valence electrons. The van der Waals surface area contributed by atoms with Crippen LogP contribution in [0.2, 0.25) is 0 Å². The Kier molecular flexibility index (Phi) is 3.27. The van der Waals surface area contributed by atoms with E-state index in [0.717, 1.165) is 6.07 Å². The fourth-order valence-corrected chi connectivity index (χ4v) is 1.03. The average Bonchev–Trinajstić information content (AvgIpc) is 2.12. The summed E-state index contributed by atoms with van der Waals surface area (Å²) in [5.74, 6) is -1.38. The lowest BCUT2D eigenvalue weighted by molar-refractivity contribution is -0.276. The number of pyridine rings is 1. The molecule has 18 heavy (non-hydrogen) atoms. The third-order valence-electron chi connectivity index (χ3n) is 1.63. The van der Waals surface area contributed by atoms with Gasteiger partial charge >= 0.3 is 12.5 Å². The van der Waals surface area contributed by atoms with Gasteiger partial charge in [0.15, 0.2) is 5.69 Å². The highest BCUT2D eigenvalue weighted by Crippen LogP contribution is 2.35. The van der Waals surface area contributed by atoms with Gasteiger partial charge in [-0.25, -0.2) is 4.98 Å². The Balaban J connectivity index is 3.37. The van der Waals surface area contributed by atoms with Gasteiger partial charge in [-0.1, -0.05) is 0 Å². The van der Waals surface area contributed by atoms with Crippen LogP contribution < -0.4 is 10.5 Å². The van der Waals surface area contributed by atoms with E-state index in [2.05, 4.69) is 9.72 Å². The summed E-state index contributed by atoms with van der Waals surface area (Å²) in [6.07, 6.45) is -10.3. The molecule has 0 aliphatic carbocycles. The van der Waals surface area contributed by atoms with E-state index in [9.17, 15) is 26.3 Å². The average molecular weight is 271 g/mol. The zero-order valence-electron chi connectivity index (χ0n) is 8.23. The van der Waals surface area contributed by atoms with Crippen LogP contribution in [0.15, 0.2) is 6.07 Å². The fraction of sp³-hybridized carbons (Fsp3) is 0.250. The lowest BCUT2D eigenvalue weighted by atomic mass is 10.1. The monoisotopic (exact) mass is 271 g/mol. The number of rotatable bonds is 1. The summed E-state index contributed by atoms with van der Waals surface area (Å²) >= 11 is 0. The number of alkyl halides is 6. The van der Waals surface area contributed by atoms with Crippen molar-refractivity contribution < 1.29 is 31.1 Å². The molecule has 0 aromatic carbocycles. The predicted octanol–water partition coefficient (Wildman–Crippen LogP) is 2.45. The molecule has 2 N–H and O–H groups in total. The van der Waals surface area contributed by atoms with Crippen LogP contribution in [-0.4, -0.2) is 11.3 Å². The number of anilines is 1. The molecule has 0 saturated carbocycles. The van der Waals surface area contributed by atoms with E-state index in [4.69, 9.17) is 11.0 Å². The molecular formula is C8H3F6N3O. The Morgan fingerprint density at radius 3 is 2.17 bits per heavy atom. The van der Waals surface area contributed by atoms with Crippen LogP contribution >= 0.6 is 0 Å². The molecule has 0 spiro atoms. The normalized spacial score (nSPS) is 12.1. The van der Waals surface area contributed by atoms with Gasteiger partial charge in [-0.15, -0.1) is 13.2 Å². The summed E-state index contributed by atoms with van der Waals surface area (Å²) in [6, 6.07) is 1.51. The van der Waals surface area contributed by atoms with E-state index < -0.39 is 35.4 Å². The van der Waals surface area contributed by atoms with Gasteiger partial charge in [0.25, 0.3) is 0 Å². The minimum atomic E-state index is -5.21. The number of halogens is 6. The van der Waals surface area contributed by atoms with Crippen molar-refractivity contribution in [3.05, 3.63) is 17.3 Å². The summed E-state index contributed by atoms with van der Waals surface area (Å²) in [4.78, 5) is 2.59. The molecule has 1 aromatic heterocycles. The van der Waals surface area contributed by atoms with E-state index in [0.29, 0.717) is 6.07 Å². The zero-order valence-corrected chi connectivity index (χ0v) is 8.23. The second kappa shape index (κ2) is 4.25. The topological polar surface area (TPSA) is 71.9 Å². The molecule has 0 radical (unpaired) electrons. The molecule has 0 atom stereocenters. The zero-order chi connectivity index (χ0) is 14.1. The fourth-order valence-electron chi connectivity index (χ4n) is 1.03. The molecule has 0 fully saturated rings. The largest absolute Gasteiger partial charge is 0.574 e. The van der Waals surface area contributed by atoms with Gasteiger partial charge < -0.3 is 10.5 Å². The van der Waals surface area contributed by atoms with Gasteiger partial charge in [-0.2, -0.15) is 18.4 Å². The van der Waals surface area contributed by atoms with Crippen LogP contribution in [0.4, 0.5) is 32.0 Å². The van der Waals surface area contributed by atoms with Crippen LogP contribution in [0.5, 0.6) is 5.88 Å². The van der Waals surface area contributed by atoms with Crippen molar-refractivity contribution in [2.24, 2.45) is 0 Å². The molecule has 0 saturated heterocycles. The molecule has 10 heteroatoms. The molecular weight excluding hydrogens is 268 g/mol. The summed E-state index contributed by atoms with van der Waals surface area (Å²) < 4.78 is 76.0. The first kappa shape index (κ1) is 13.9. The summed E-state index contributed by atoms with van der Waals surface area (Å²) in [5, 5.41) is 8.45. The first-order chi connectivity index (χ1) is 8.04. The minimum Gasteiger partial charge on any atom is -0.397 e. The third kappa shape index (κ3) is 3.16. The quantitative estimate of drug-likeness (QED) is 0.796. The minimum absolute atomic E-state index is 0.390. The number of nitrogens with zero attached hydrogens (tertiary/aromatic N) is 2.